The minimum atomic E-state index is 0.220. The van der Waals surface area contributed by atoms with E-state index in [4.69, 9.17) is 0 Å². The average Bonchev–Trinajstić information content (AvgIpc) is 2.34. The average molecular weight is 226 g/mol. The van der Waals surface area contributed by atoms with Crippen LogP contribution in [-0.2, 0) is 0 Å². The van der Waals surface area contributed by atoms with E-state index >= 15 is 0 Å². The fourth-order valence-corrected chi connectivity index (χ4v) is 1.91. The molecule has 1 unspecified atom stereocenters. The number of hydrogen-bond donors (Lipinski definition) is 1. The lowest BCUT2D eigenvalue weighted by atomic mass is 10.1. The number of pyridine rings is 1. The van der Waals surface area contributed by atoms with Gasteiger partial charge in [0.15, 0.2) is 0 Å². The van der Waals surface area contributed by atoms with Gasteiger partial charge in [0, 0.05) is 11.9 Å². The van der Waals surface area contributed by atoms with Crippen molar-refractivity contribution < 1.29 is 0 Å². The van der Waals surface area contributed by atoms with Gasteiger partial charge in [0.2, 0.25) is 0 Å². The Bertz CT molecular complexity index is 492. The van der Waals surface area contributed by atoms with Gasteiger partial charge in [0.05, 0.1) is 11.7 Å². The molecule has 0 radical (unpaired) electrons. The van der Waals surface area contributed by atoms with Crippen LogP contribution in [-0.4, -0.2) is 4.98 Å². The normalized spacial score (nSPS) is 12.2. The van der Waals surface area contributed by atoms with Crippen molar-refractivity contribution in [3.05, 3.63) is 59.4 Å². The topological polar surface area (TPSA) is 24.9 Å². The summed E-state index contributed by atoms with van der Waals surface area (Å²) in [6.45, 7) is 6.36. The first-order chi connectivity index (χ1) is 8.16. The monoisotopic (exact) mass is 226 g/mol. The van der Waals surface area contributed by atoms with Crippen LogP contribution in [0.1, 0.15) is 29.8 Å². The molecule has 1 aromatic carbocycles. The van der Waals surface area contributed by atoms with Crippen LogP contribution in [0.2, 0.25) is 0 Å². The van der Waals surface area contributed by atoms with Gasteiger partial charge >= 0.3 is 0 Å². The molecule has 0 spiro atoms. The Labute approximate surface area is 103 Å². The molecule has 0 aliphatic rings. The minimum Gasteiger partial charge on any atom is -0.377 e. The predicted molar refractivity (Wildman–Crippen MR) is 72.2 cm³/mol. The molecule has 0 saturated heterocycles. The van der Waals surface area contributed by atoms with Crippen LogP contribution in [0.15, 0.2) is 42.6 Å². The first-order valence-electron chi connectivity index (χ1n) is 5.91. The van der Waals surface area contributed by atoms with Crippen LogP contribution in [0.4, 0.5) is 5.69 Å². The SMILES string of the molecule is Cc1ccc(NC(C)c2ccccn2)c(C)c1. The summed E-state index contributed by atoms with van der Waals surface area (Å²) in [5.41, 5.74) is 4.80. The molecule has 2 nitrogen and oxygen atoms in total. The highest BCUT2D eigenvalue weighted by Gasteiger charge is 2.07. The van der Waals surface area contributed by atoms with Crippen molar-refractivity contribution in [3.63, 3.8) is 0 Å². The maximum absolute atomic E-state index is 4.36. The van der Waals surface area contributed by atoms with Crippen molar-refractivity contribution in [1.82, 2.24) is 4.98 Å². The molecule has 0 saturated carbocycles. The minimum absolute atomic E-state index is 0.220. The first-order valence-corrected chi connectivity index (χ1v) is 5.91. The first kappa shape index (κ1) is 11.6. The maximum atomic E-state index is 4.36. The summed E-state index contributed by atoms with van der Waals surface area (Å²) in [7, 11) is 0. The highest BCUT2D eigenvalue weighted by Crippen LogP contribution is 2.21. The molecule has 0 aliphatic heterocycles. The summed E-state index contributed by atoms with van der Waals surface area (Å²) in [5, 5.41) is 3.49. The molecule has 2 rings (SSSR count). The molecule has 1 aromatic heterocycles. The summed E-state index contributed by atoms with van der Waals surface area (Å²) in [6, 6.07) is 12.7. The Morgan fingerprint density at radius 2 is 1.94 bits per heavy atom. The van der Waals surface area contributed by atoms with Crippen molar-refractivity contribution in [1.29, 1.82) is 0 Å². The predicted octanol–water partition coefficient (Wildman–Crippen LogP) is 3.87. The quantitative estimate of drug-likeness (QED) is 0.859. The van der Waals surface area contributed by atoms with Crippen LogP contribution >= 0.6 is 0 Å². The molecular weight excluding hydrogens is 208 g/mol. The number of benzene rings is 1. The number of aromatic nitrogens is 1. The second-order valence-electron chi connectivity index (χ2n) is 4.44. The number of nitrogens with zero attached hydrogens (tertiary/aromatic N) is 1. The van der Waals surface area contributed by atoms with Crippen molar-refractivity contribution in [2.75, 3.05) is 5.32 Å². The molecule has 0 fully saturated rings. The van der Waals surface area contributed by atoms with Gasteiger partial charge in [0.1, 0.15) is 0 Å². The van der Waals surface area contributed by atoms with Crippen molar-refractivity contribution in [2.24, 2.45) is 0 Å². The van der Waals surface area contributed by atoms with E-state index in [1.54, 1.807) is 0 Å². The molecule has 0 bridgehead atoms. The van der Waals surface area contributed by atoms with Crippen molar-refractivity contribution >= 4 is 5.69 Å². The lowest BCUT2D eigenvalue weighted by Crippen LogP contribution is -2.09. The molecule has 88 valence electrons. The number of nitrogens with one attached hydrogen (secondary N) is 1. The summed E-state index contributed by atoms with van der Waals surface area (Å²) >= 11 is 0. The van der Waals surface area contributed by atoms with E-state index in [0.717, 1.165) is 5.69 Å². The Morgan fingerprint density at radius 3 is 2.59 bits per heavy atom. The smallest absolute Gasteiger partial charge is 0.0657 e. The fourth-order valence-electron chi connectivity index (χ4n) is 1.91. The fraction of sp³-hybridized carbons (Fsp3) is 0.267. The standard InChI is InChI=1S/C15H18N2/c1-11-7-8-14(12(2)10-11)17-13(3)15-6-4-5-9-16-15/h4-10,13,17H,1-3H3. The number of hydrogen-bond acceptors (Lipinski definition) is 2. The zero-order valence-corrected chi connectivity index (χ0v) is 10.6. The number of aryl methyl sites for hydroxylation is 2. The second-order valence-corrected chi connectivity index (χ2v) is 4.44. The van der Waals surface area contributed by atoms with E-state index in [9.17, 15) is 0 Å². The van der Waals surface area contributed by atoms with E-state index in [-0.39, 0.29) is 6.04 Å². The molecule has 1 heterocycles. The summed E-state index contributed by atoms with van der Waals surface area (Å²) in [4.78, 5) is 4.36. The maximum Gasteiger partial charge on any atom is 0.0657 e. The van der Waals surface area contributed by atoms with Crippen LogP contribution < -0.4 is 5.32 Å². The molecule has 0 aliphatic carbocycles. The molecule has 1 atom stereocenters. The van der Waals surface area contributed by atoms with E-state index in [1.807, 2.05) is 24.4 Å². The van der Waals surface area contributed by atoms with Crippen LogP contribution in [0.5, 0.6) is 0 Å². The van der Waals surface area contributed by atoms with Gasteiger partial charge in [-0.3, -0.25) is 4.98 Å². The van der Waals surface area contributed by atoms with E-state index in [2.05, 4.69) is 49.3 Å². The Kier molecular flexibility index (Phi) is 3.43. The summed E-state index contributed by atoms with van der Waals surface area (Å²) < 4.78 is 0. The highest BCUT2D eigenvalue weighted by molar-refractivity contribution is 5.53. The zero-order chi connectivity index (χ0) is 12.3. The lowest BCUT2D eigenvalue weighted by molar-refractivity contribution is 0.838. The third-order valence-corrected chi connectivity index (χ3v) is 2.89. The Balaban J connectivity index is 2.16. The van der Waals surface area contributed by atoms with Gasteiger partial charge in [-0.15, -0.1) is 0 Å². The van der Waals surface area contributed by atoms with Gasteiger partial charge < -0.3 is 5.32 Å². The van der Waals surface area contributed by atoms with Gasteiger partial charge in [-0.1, -0.05) is 23.8 Å². The van der Waals surface area contributed by atoms with Crippen LogP contribution in [0.3, 0.4) is 0 Å². The highest BCUT2D eigenvalue weighted by atomic mass is 14.9. The Hall–Kier alpha value is -1.83. The van der Waals surface area contributed by atoms with E-state index < -0.39 is 0 Å². The van der Waals surface area contributed by atoms with Gasteiger partial charge in [-0.05, 0) is 44.5 Å². The largest absolute Gasteiger partial charge is 0.377 e. The van der Waals surface area contributed by atoms with Crippen molar-refractivity contribution in [3.8, 4) is 0 Å². The second kappa shape index (κ2) is 5.00. The molecular formula is C15H18N2. The summed E-state index contributed by atoms with van der Waals surface area (Å²) in [5.74, 6) is 0. The Morgan fingerprint density at radius 1 is 1.12 bits per heavy atom. The van der Waals surface area contributed by atoms with E-state index in [1.165, 1.54) is 16.8 Å². The number of anilines is 1. The number of rotatable bonds is 3. The lowest BCUT2D eigenvalue weighted by Gasteiger charge is -2.16. The van der Waals surface area contributed by atoms with Crippen LogP contribution in [0.25, 0.3) is 0 Å². The van der Waals surface area contributed by atoms with Crippen molar-refractivity contribution in [2.45, 2.75) is 26.8 Å². The molecule has 2 heteroatoms. The zero-order valence-electron chi connectivity index (χ0n) is 10.6. The van der Waals surface area contributed by atoms with Crippen LogP contribution in [0, 0.1) is 13.8 Å². The molecule has 17 heavy (non-hydrogen) atoms. The molecule has 2 aromatic rings. The van der Waals surface area contributed by atoms with E-state index in [0.29, 0.717) is 0 Å². The van der Waals surface area contributed by atoms with Gasteiger partial charge in [-0.2, -0.15) is 0 Å². The summed E-state index contributed by atoms with van der Waals surface area (Å²) in [6.07, 6.45) is 1.83. The molecule has 0 amide bonds. The third-order valence-electron chi connectivity index (χ3n) is 2.89. The van der Waals surface area contributed by atoms with Gasteiger partial charge in [0.25, 0.3) is 0 Å². The van der Waals surface area contributed by atoms with Gasteiger partial charge in [-0.25, -0.2) is 0 Å². The third kappa shape index (κ3) is 2.84. The molecule has 1 N–H and O–H groups in total.